The van der Waals surface area contributed by atoms with Crippen molar-refractivity contribution in [3.63, 3.8) is 0 Å². The summed E-state index contributed by atoms with van der Waals surface area (Å²) < 4.78 is 5.22. The zero-order chi connectivity index (χ0) is 8.13. The molecule has 1 saturated heterocycles. The van der Waals surface area contributed by atoms with E-state index in [-0.39, 0.29) is 18.0 Å². The smallest absolute Gasteiger partial charge is 0.194 e. The minimum atomic E-state index is -0.111. The molecule has 1 heterocycles. The van der Waals surface area contributed by atoms with Gasteiger partial charge in [0.25, 0.3) is 0 Å². The van der Waals surface area contributed by atoms with Crippen LogP contribution in [0.15, 0.2) is 24.3 Å². The molecule has 60 valence electrons. The molecule has 1 aliphatic heterocycles. The molecular weight excluding hydrogens is 152 g/mol. The van der Waals surface area contributed by atoms with Gasteiger partial charge in [0.1, 0.15) is 6.10 Å². The van der Waals surface area contributed by atoms with Gasteiger partial charge in [0.2, 0.25) is 0 Å². The Labute approximate surface area is 70.2 Å². The molecule has 3 rings (SSSR count). The van der Waals surface area contributed by atoms with Gasteiger partial charge in [0.05, 0.1) is 6.10 Å². The normalized spacial score (nSPS) is 30.8. The van der Waals surface area contributed by atoms with E-state index in [9.17, 15) is 4.79 Å². The Morgan fingerprint density at radius 3 is 3.08 bits per heavy atom. The van der Waals surface area contributed by atoms with E-state index < -0.39 is 0 Å². The van der Waals surface area contributed by atoms with Crippen molar-refractivity contribution in [3.8, 4) is 0 Å². The number of epoxide rings is 1. The standard InChI is InChI=1S/C10H8O2/c11-9-7-4-2-1-3-6(7)5-8-10(9)12-8/h1-4,8,10H,5H2. The SMILES string of the molecule is O=C1c2ccccc2CC2OC12. The zero-order valence-corrected chi connectivity index (χ0v) is 6.49. The molecule has 1 aromatic carbocycles. The third-order valence-electron chi connectivity index (χ3n) is 2.54. The molecule has 12 heavy (non-hydrogen) atoms. The number of carbonyl (C=O) groups excluding carboxylic acids is 1. The lowest BCUT2D eigenvalue weighted by Crippen LogP contribution is -2.19. The summed E-state index contributed by atoms with van der Waals surface area (Å²) in [4.78, 5) is 11.5. The third kappa shape index (κ3) is 0.703. The Kier molecular flexibility index (Phi) is 1.04. The molecule has 2 nitrogen and oxygen atoms in total. The summed E-state index contributed by atoms with van der Waals surface area (Å²) in [6.45, 7) is 0. The molecule has 0 bridgehead atoms. The Morgan fingerprint density at radius 2 is 2.17 bits per heavy atom. The number of rotatable bonds is 0. The molecule has 2 unspecified atom stereocenters. The van der Waals surface area contributed by atoms with Crippen LogP contribution < -0.4 is 0 Å². The number of benzene rings is 1. The fourth-order valence-corrected chi connectivity index (χ4v) is 1.84. The van der Waals surface area contributed by atoms with Crippen LogP contribution in [0.2, 0.25) is 0 Å². The summed E-state index contributed by atoms with van der Waals surface area (Å²) in [5.41, 5.74) is 2.00. The number of Topliss-reactive ketones (excluding diaryl/α,β-unsaturated/α-hetero) is 1. The molecule has 0 saturated carbocycles. The van der Waals surface area contributed by atoms with Gasteiger partial charge in [-0.2, -0.15) is 0 Å². The maximum Gasteiger partial charge on any atom is 0.194 e. The van der Waals surface area contributed by atoms with Gasteiger partial charge in [-0.05, 0) is 5.56 Å². The van der Waals surface area contributed by atoms with Crippen molar-refractivity contribution < 1.29 is 9.53 Å². The first-order valence-electron chi connectivity index (χ1n) is 4.14. The van der Waals surface area contributed by atoms with E-state index in [1.54, 1.807) is 0 Å². The molecule has 1 aliphatic carbocycles. The molecule has 0 amide bonds. The summed E-state index contributed by atoms with van der Waals surface area (Å²) in [6.07, 6.45) is 0.986. The van der Waals surface area contributed by atoms with E-state index in [4.69, 9.17) is 4.74 Å². The van der Waals surface area contributed by atoms with Crippen LogP contribution >= 0.6 is 0 Å². The van der Waals surface area contributed by atoms with Gasteiger partial charge in [-0.25, -0.2) is 0 Å². The van der Waals surface area contributed by atoms with Gasteiger partial charge in [-0.3, -0.25) is 4.79 Å². The van der Waals surface area contributed by atoms with Crippen molar-refractivity contribution in [1.29, 1.82) is 0 Å². The predicted octanol–water partition coefficient (Wildman–Crippen LogP) is 1.19. The van der Waals surface area contributed by atoms with Crippen molar-refractivity contribution in [2.24, 2.45) is 0 Å². The third-order valence-corrected chi connectivity index (χ3v) is 2.54. The number of fused-ring (bicyclic) bond motifs is 2. The van der Waals surface area contributed by atoms with Crippen molar-refractivity contribution >= 4 is 5.78 Å². The van der Waals surface area contributed by atoms with Crippen molar-refractivity contribution in [3.05, 3.63) is 35.4 Å². The summed E-state index contributed by atoms with van der Waals surface area (Å²) in [6, 6.07) is 7.76. The number of carbonyl (C=O) groups is 1. The van der Waals surface area contributed by atoms with E-state index in [1.807, 2.05) is 24.3 Å². The van der Waals surface area contributed by atoms with Crippen LogP contribution in [-0.4, -0.2) is 18.0 Å². The molecule has 0 N–H and O–H groups in total. The van der Waals surface area contributed by atoms with Crippen LogP contribution in [0.1, 0.15) is 15.9 Å². The quantitative estimate of drug-likeness (QED) is 0.533. The second-order valence-electron chi connectivity index (χ2n) is 3.32. The van der Waals surface area contributed by atoms with E-state index in [0.717, 1.165) is 17.5 Å². The van der Waals surface area contributed by atoms with Crippen molar-refractivity contribution in [1.82, 2.24) is 0 Å². The summed E-state index contributed by atoms with van der Waals surface area (Å²) >= 11 is 0. The summed E-state index contributed by atoms with van der Waals surface area (Å²) in [5, 5.41) is 0. The van der Waals surface area contributed by atoms with E-state index >= 15 is 0 Å². The number of ketones is 1. The molecule has 0 aromatic heterocycles. The minimum Gasteiger partial charge on any atom is -0.361 e. The highest BCUT2D eigenvalue weighted by Crippen LogP contribution is 2.35. The molecule has 2 aliphatic rings. The zero-order valence-electron chi connectivity index (χ0n) is 6.49. The number of ether oxygens (including phenoxy) is 1. The second kappa shape index (κ2) is 1.96. The fraction of sp³-hybridized carbons (Fsp3) is 0.300. The fourth-order valence-electron chi connectivity index (χ4n) is 1.84. The van der Waals surface area contributed by atoms with E-state index in [2.05, 4.69) is 0 Å². The van der Waals surface area contributed by atoms with Gasteiger partial charge in [0, 0.05) is 12.0 Å². The summed E-state index contributed by atoms with van der Waals surface area (Å²) in [5.74, 6) is 0.168. The highest BCUT2D eigenvalue weighted by molar-refractivity contribution is 6.03. The van der Waals surface area contributed by atoms with Gasteiger partial charge >= 0.3 is 0 Å². The first-order valence-corrected chi connectivity index (χ1v) is 4.14. The van der Waals surface area contributed by atoms with Gasteiger partial charge in [-0.15, -0.1) is 0 Å². The molecule has 2 heteroatoms. The minimum absolute atomic E-state index is 0.111. The number of hydrogen-bond donors (Lipinski definition) is 0. The Hall–Kier alpha value is -1.15. The van der Waals surface area contributed by atoms with Gasteiger partial charge < -0.3 is 4.74 Å². The predicted molar refractivity (Wildman–Crippen MR) is 43.1 cm³/mol. The Morgan fingerprint density at radius 1 is 1.33 bits per heavy atom. The van der Waals surface area contributed by atoms with Crippen LogP contribution in [0, 0.1) is 0 Å². The molecule has 1 aromatic rings. The Balaban J connectivity index is 2.17. The average Bonchev–Trinajstić information content (AvgIpc) is 2.84. The van der Waals surface area contributed by atoms with Gasteiger partial charge in [-0.1, -0.05) is 24.3 Å². The maximum absolute atomic E-state index is 11.5. The van der Waals surface area contributed by atoms with E-state index in [0.29, 0.717) is 0 Å². The molecule has 1 fully saturated rings. The van der Waals surface area contributed by atoms with Gasteiger partial charge in [0.15, 0.2) is 5.78 Å². The first kappa shape index (κ1) is 6.38. The monoisotopic (exact) mass is 160 g/mol. The summed E-state index contributed by atoms with van der Waals surface area (Å²) in [7, 11) is 0. The van der Waals surface area contributed by atoms with Crippen LogP contribution in [0.4, 0.5) is 0 Å². The largest absolute Gasteiger partial charge is 0.361 e. The molecule has 0 radical (unpaired) electrons. The average molecular weight is 160 g/mol. The molecular formula is C10H8O2. The van der Waals surface area contributed by atoms with Crippen molar-refractivity contribution in [2.45, 2.75) is 18.6 Å². The second-order valence-corrected chi connectivity index (χ2v) is 3.32. The lowest BCUT2D eigenvalue weighted by atomic mass is 9.91. The van der Waals surface area contributed by atoms with Crippen LogP contribution in [0.25, 0.3) is 0 Å². The van der Waals surface area contributed by atoms with Crippen molar-refractivity contribution in [2.75, 3.05) is 0 Å². The van der Waals surface area contributed by atoms with E-state index in [1.165, 1.54) is 0 Å². The lowest BCUT2D eigenvalue weighted by molar-refractivity contribution is 0.0953. The maximum atomic E-state index is 11.5. The highest BCUT2D eigenvalue weighted by atomic mass is 16.6. The highest BCUT2D eigenvalue weighted by Gasteiger charge is 2.48. The first-order chi connectivity index (χ1) is 5.86. The van der Waals surface area contributed by atoms with Crippen LogP contribution in [0.5, 0.6) is 0 Å². The van der Waals surface area contributed by atoms with Crippen LogP contribution in [0.3, 0.4) is 0 Å². The number of hydrogen-bond acceptors (Lipinski definition) is 2. The molecule has 0 spiro atoms. The molecule has 2 atom stereocenters. The Bertz CT molecular complexity index is 357. The topological polar surface area (TPSA) is 29.6 Å². The lowest BCUT2D eigenvalue weighted by Gasteiger charge is -2.09. The van der Waals surface area contributed by atoms with Crippen LogP contribution in [-0.2, 0) is 11.2 Å².